The second-order valence-electron chi connectivity index (χ2n) is 7.23. The van der Waals surface area contributed by atoms with Crippen molar-refractivity contribution in [2.45, 2.75) is 12.5 Å². The van der Waals surface area contributed by atoms with E-state index >= 15 is 0 Å². The van der Waals surface area contributed by atoms with Crippen molar-refractivity contribution >= 4 is 46.7 Å². The van der Waals surface area contributed by atoms with Crippen LogP contribution < -0.4 is 10.2 Å². The fourth-order valence-corrected chi connectivity index (χ4v) is 4.18. The fourth-order valence-electron chi connectivity index (χ4n) is 3.45. The van der Waals surface area contributed by atoms with E-state index in [1.54, 1.807) is 22.9 Å². The average Bonchev–Trinajstić information content (AvgIpc) is 2.81. The molecule has 3 rings (SSSR count). The third kappa shape index (κ3) is 5.89. The summed E-state index contributed by atoms with van der Waals surface area (Å²) in [5.41, 5.74) is -0.105. The third-order valence-corrected chi connectivity index (χ3v) is 6.14. The Hall–Kier alpha value is -2.85. The SMILES string of the molecule is CSCC[C@@H](NC(=O)c1ccc([N+](=O)[O-])cc1Cl)C(=O)N1CCN(c2ccccn2)CC1. The molecule has 2 heterocycles. The number of non-ortho nitro benzene ring substituents is 1. The number of hydrogen-bond acceptors (Lipinski definition) is 7. The van der Waals surface area contributed by atoms with Crippen molar-refractivity contribution in [1.82, 2.24) is 15.2 Å². The van der Waals surface area contributed by atoms with Crippen LogP contribution in [0, 0.1) is 10.1 Å². The maximum Gasteiger partial charge on any atom is 0.270 e. The Labute approximate surface area is 195 Å². The van der Waals surface area contributed by atoms with Gasteiger partial charge >= 0.3 is 0 Å². The standard InChI is InChI=1S/C21H24ClN5O4S/c1-32-13-7-18(24-20(28)16-6-5-15(27(30)31)14-17(16)22)21(29)26-11-9-25(10-12-26)19-4-2-3-8-23-19/h2-6,8,14,18H,7,9-13H2,1H3,(H,24,28)/t18-/m1/s1. The van der Waals surface area contributed by atoms with E-state index in [0.29, 0.717) is 38.4 Å². The molecule has 0 radical (unpaired) electrons. The van der Waals surface area contributed by atoms with E-state index in [2.05, 4.69) is 15.2 Å². The molecule has 2 amide bonds. The molecule has 1 fully saturated rings. The lowest BCUT2D eigenvalue weighted by atomic mass is 10.1. The van der Waals surface area contributed by atoms with E-state index < -0.39 is 16.9 Å². The van der Waals surface area contributed by atoms with Crippen molar-refractivity contribution in [3.8, 4) is 0 Å². The van der Waals surface area contributed by atoms with Crippen LogP contribution in [0.4, 0.5) is 11.5 Å². The number of aromatic nitrogens is 1. The number of pyridine rings is 1. The van der Waals surface area contributed by atoms with Gasteiger partial charge in [-0.2, -0.15) is 11.8 Å². The van der Waals surface area contributed by atoms with Gasteiger partial charge in [0.15, 0.2) is 0 Å². The van der Waals surface area contributed by atoms with Crippen molar-refractivity contribution in [2.24, 2.45) is 0 Å². The van der Waals surface area contributed by atoms with Crippen LogP contribution in [0.1, 0.15) is 16.8 Å². The first-order chi connectivity index (χ1) is 15.4. The number of hydrogen-bond donors (Lipinski definition) is 1. The highest BCUT2D eigenvalue weighted by Crippen LogP contribution is 2.23. The zero-order valence-corrected chi connectivity index (χ0v) is 19.1. The Kier molecular flexibility index (Phi) is 8.29. The number of nitrogens with zero attached hydrogens (tertiary/aromatic N) is 4. The lowest BCUT2D eigenvalue weighted by molar-refractivity contribution is -0.384. The number of nitro benzene ring substituents is 1. The highest BCUT2D eigenvalue weighted by Gasteiger charge is 2.29. The van der Waals surface area contributed by atoms with E-state index in [-0.39, 0.29) is 22.2 Å². The fraction of sp³-hybridized carbons (Fsp3) is 0.381. The summed E-state index contributed by atoms with van der Waals surface area (Å²) < 4.78 is 0. The molecule has 1 saturated heterocycles. The first-order valence-corrected chi connectivity index (χ1v) is 11.9. The number of nitro groups is 1. The Morgan fingerprint density at radius 1 is 1.25 bits per heavy atom. The summed E-state index contributed by atoms with van der Waals surface area (Å²) >= 11 is 7.67. The molecule has 11 heteroatoms. The van der Waals surface area contributed by atoms with Crippen LogP contribution in [0.5, 0.6) is 0 Å². The van der Waals surface area contributed by atoms with Crippen LogP contribution in [-0.2, 0) is 4.79 Å². The number of halogens is 1. The molecule has 1 aliphatic rings. The second-order valence-corrected chi connectivity index (χ2v) is 8.62. The summed E-state index contributed by atoms with van der Waals surface area (Å²) in [6, 6.07) is 8.67. The molecular formula is C21H24ClN5O4S. The minimum Gasteiger partial charge on any atom is -0.353 e. The van der Waals surface area contributed by atoms with Gasteiger partial charge in [0.1, 0.15) is 11.9 Å². The number of nitrogens with one attached hydrogen (secondary N) is 1. The molecule has 2 aromatic rings. The summed E-state index contributed by atoms with van der Waals surface area (Å²) in [5, 5.41) is 13.6. The minimum atomic E-state index is -0.706. The molecular weight excluding hydrogens is 454 g/mol. The van der Waals surface area contributed by atoms with Crippen molar-refractivity contribution in [3.05, 3.63) is 63.3 Å². The molecule has 0 unspecified atom stereocenters. The zero-order chi connectivity index (χ0) is 23.1. The highest BCUT2D eigenvalue weighted by atomic mass is 35.5. The van der Waals surface area contributed by atoms with Crippen molar-refractivity contribution in [2.75, 3.05) is 43.1 Å². The molecule has 1 N–H and O–H groups in total. The van der Waals surface area contributed by atoms with E-state index in [1.165, 1.54) is 12.1 Å². The maximum atomic E-state index is 13.2. The highest BCUT2D eigenvalue weighted by molar-refractivity contribution is 7.98. The number of carbonyl (C=O) groups excluding carboxylic acids is 2. The Balaban J connectivity index is 1.66. The Morgan fingerprint density at radius 3 is 2.59 bits per heavy atom. The van der Waals surface area contributed by atoms with Crippen LogP contribution in [0.25, 0.3) is 0 Å². The summed E-state index contributed by atoms with van der Waals surface area (Å²) in [6.45, 7) is 2.36. The van der Waals surface area contributed by atoms with Crippen LogP contribution in [0.2, 0.25) is 5.02 Å². The molecule has 1 atom stereocenters. The van der Waals surface area contributed by atoms with Gasteiger partial charge in [-0.15, -0.1) is 0 Å². The van der Waals surface area contributed by atoms with Crippen molar-refractivity contribution < 1.29 is 14.5 Å². The number of thioether (sulfide) groups is 1. The smallest absolute Gasteiger partial charge is 0.270 e. The van der Waals surface area contributed by atoms with Crippen molar-refractivity contribution in [3.63, 3.8) is 0 Å². The summed E-state index contributed by atoms with van der Waals surface area (Å²) in [6.07, 6.45) is 4.14. The predicted octanol–water partition coefficient (Wildman–Crippen LogP) is 2.84. The van der Waals surface area contributed by atoms with Crippen LogP contribution in [0.15, 0.2) is 42.6 Å². The third-order valence-electron chi connectivity index (χ3n) is 5.19. The van der Waals surface area contributed by atoms with Gasteiger partial charge in [-0.05, 0) is 36.6 Å². The summed E-state index contributed by atoms with van der Waals surface area (Å²) in [4.78, 5) is 44.5. The van der Waals surface area contributed by atoms with E-state index in [0.717, 1.165) is 11.9 Å². The topological polar surface area (TPSA) is 109 Å². The monoisotopic (exact) mass is 477 g/mol. The van der Waals surface area contributed by atoms with Gasteiger partial charge in [-0.3, -0.25) is 19.7 Å². The number of piperazine rings is 1. The van der Waals surface area contributed by atoms with Crippen LogP contribution >= 0.6 is 23.4 Å². The van der Waals surface area contributed by atoms with Crippen molar-refractivity contribution in [1.29, 1.82) is 0 Å². The normalized spacial score (nSPS) is 14.7. The van der Waals surface area contributed by atoms with Crippen LogP contribution in [-0.4, -0.2) is 70.9 Å². The number of benzene rings is 1. The molecule has 1 aliphatic heterocycles. The Bertz CT molecular complexity index is 970. The molecule has 32 heavy (non-hydrogen) atoms. The maximum absolute atomic E-state index is 13.2. The average molecular weight is 478 g/mol. The summed E-state index contributed by atoms with van der Waals surface area (Å²) in [7, 11) is 0. The lowest BCUT2D eigenvalue weighted by Crippen LogP contribution is -2.55. The summed E-state index contributed by atoms with van der Waals surface area (Å²) in [5.74, 6) is 0.890. The van der Waals surface area contributed by atoms with E-state index in [1.807, 2.05) is 24.5 Å². The van der Waals surface area contributed by atoms with Gasteiger partial charge in [-0.1, -0.05) is 17.7 Å². The van der Waals surface area contributed by atoms with Gasteiger partial charge in [0, 0.05) is 44.5 Å². The quantitative estimate of drug-likeness (QED) is 0.460. The molecule has 1 aromatic heterocycles. The van der Waals surface area contributed by atoms with Gasteiger partial charge in [0.25, 0.3) is 11.6 Å². The largest absolute Gasteiger partial charge is 0.353 e. The predicted molar refractivity (Wildman–Crippen MR) is 125 cm³/mol. The number of anilines is 1. The first kappa shape index (κ1) is 23.8. The Morgan fingerprint density at radius 2 is 2.00 bits per heavy atom. The molecule has 170 valence electrons. The van der Waals surface area contributed by atoms with Gasteiger partial charge in [0.2, 0.25) is 5.91 Å². The van der Waals surface area contributed by atoms with Gasteiger partial charge < -0.3 is 15.1 Å². The van der Waals surface area contributed by atoms with E-state index in [9.17, 15) is 19.7 Å². The molecule has 0 spiro atoms. The lowest BCUT2D eigenvalue weighted by Gasteiger charge is -2.37. The van der Waals surface area contributed by atoms with Gasteiger partial charge in [-0.25, -0.2) is 4.98 Å². The second kappa shape index (κ2) is 11.1. The minimum absolute atomic E-state index is 0.0308. The number of amides is 2. The molecule has 0 saturated carbocycles. The molecule has 9 nitrogen and oxygen atoms in total. The first-order valence-electron chi connectivity index (χ1n) is 10.1. The molecule has 1 aromatic carbocycles. The number of rotatable bonds is 8. The van der Waals surface area contributed by atoms with Gasteiger partial charge in [0.05, 0.1) is 15.5 Å². The molecule has 0 aliphatic carbocycles. The van der Waals surface area contributed by atoms with E-state index in [4.69, 9.17) is 11.6 Å². The number of carbonyl (C=O) groups is 2. The van der Waals surface area contributed by atoms with Crippen LogP contribution in [0.3, 0.4) is 0 Å². The zero-order valence-electron chi connectivity index (χ0n) is 17.6. The molecule has 0 bridgehead atoms.